The number of para-hydroxylation sites is 1. The number of nitriles is 1. The lowest BCUT2D eigenvalue weighted by atomic mass is 9.69. The Bertz CT molecular complexity index is 1370. The molecule has 1 aromatic carbocycles. The monoisotopic (exact) mass is 536 g/mol. The van der Waals surface area contributed by atoms with Crippen LogP contribution >= 0.6 is 0 Å². The fourth-order valence-electron chi connectivity index (χ4n) is 5.69. The number of nitrogens with zero attached hydrogens (tertiary/aromatic N) is 5. The summed E-state index contributed by atoms with van der Waals surface area (Å²) in [6, 6.07) is 9.55. The van der Waals surface area contributed by atoms with Crippen LogP contribution in [0.15, 0.2) is 29.4 Å². The fourth-order valence-corrected chi connectivity index (χ4v) is 6.14. The molecule has 2 amide bonds. The SMILES string of the molecule is CS(=O)c1nc2c(c(N3CCN(C(=O)OC(C)(C)C)[C@@H](CC#N)C3)n1)CCC1(C2)C(=O)Nc2ccccc21. The minimum Gasteiger partial charge on any atom is -0.444 e. The molecule has 1 spiro atoms. The molecule has 3 aliphatic rings. The molecule has 1 aromatic heterocycles. The highest BCUT2D eigenvalue weighted by Gasteiger charge is 2.49. The Morgan fingerprint density at radius 3 is 2.76 bits per heavy atom. The molecule has 1 aliphatic carbocycles. The largest absolute Gasteiger partial charge is 0.444 e. The number of rotatable bonds is 3. The van der Waals surface area contributed by atoms with Gasteiger partial charge in [0, 0.05) is 43.6 Å². The zero-order valence-electron chi connectivity index (χ0n) is 22.1. The molecular weight excluding hydrogens is 504 g/mol. The van der Waals surface area contributed by atoms with E-state index in [1.165, 1.54) is 0 Å². The first kappa shape index (κ1) is 26.1. The summed E-state index contributed by atoms with van der Waals surface area (Å²) in [4.78, 5) is 39.2. The van der Waals surface area contributed by atoms with Crippen LogP contribution in [0.4, 0.5) is 16.3 Å². The molecule has 1 saturated heterocycles. The number of carbonyl (C=O) groups is 2. The van der Waals surface area contributed by atoms with Crippen LogP contribution in [-0.2, 0) is 38.6 Å². The third kappa shape index (κ3) is 4.62. The lowest BCUT2D eigenvalue weighted by molar-refractivity contribution is -0.121. The van der Waals surface area contributed by atoms with E-state index in [0.717, 1.165) is 22.5 Å². The summed E-state index contributed by atoms with van der Waals surface area (Å²) in [5, 5.41) is 12.7. The number of piperazine rings is 1. The topological polar surface area (TPSA) is 129 Å². The number of hydrogen-bond donors (Lipinski definition) is 1. The fraction of sp³-hybridized carbons (Fsp3) is 0.519. The van der Waals surface area contributed by atoms with Crippen molar-refractivity contribution >= 4 is 34.3 Å². The third-order valence-electron chi connectivity index (χ3n) is 7.44. The van der Waals surface area contributed by atoms with Gasteiger partial charge in [-0.3, -0.25) is 9.00 Å². The maximum absolute atomic E-state index is 13.2. The molecule has 0 bridgehead atoms. The van der Waals surface area contributed by atoms with E-state index in [2.05, 4.69) is 21.3 Å². The number of nitrogens with one attached hydrogen (secondary N) is 1. The third-order valence-corrected chi connectivity index (χ3v) is 8.14. The Labute approximate surface area is 224 Å². The summed E-state index contributed by atoms with van der Waals surface area (Å²) in [6.45, 7) is 6.68. The number of hydrogen-bond acceptors (Lipinski definition) is 8. The van der Waals surface area contributed by atoms with Gasteiger partial charge in [-0.2, -0.15) is 5.26 Å². The molecule has 3 atom stereocenters. The molecule has 2 unspecified atom stereocenters. The van der Waals surface area contributed by atoms with Crippen molar-refractivity contribution in [3.05, 3.63) is 41.1 Å². The Morgan fingerprint density at radius 1 is 1.29 bits per heavy atom. The van der Waals surface area contributed by atoms with Crippen LogP contribution in [0.25, 0.3) is 0 Å². The smallest absolute Gasteiger partial charge is 0.410 e. The first-order valence-electron chi connectivity index (χ1n) is 12.8. The maximum atomic E-state index is 13.2. The normalized spacial score (nSPS) is 23.3. The average Bonchev–Trinajstić information content (AvgIpc) is 3.12. The van der Waals surface area contributed by atoms with Gasteiger partial charge in [-0.15, -0.1) is 0 Å². The van der Waals surface area contributed by atoms with Gasteiger partial charge >= 0.3 is 6.09 Å². The van der Waals surface area contributed by atoms with Crippen LogP contribution in [0.1, 0.15) is 50.4 Å². The van der Waals surface area contributed by atoms with Gasteiger partial charge < -0.3 is 19.9 Å². The number of amides is 2. The van der Waals surface area contributed by atoms with Crippen molar-refractivity contribution < 1.29 is 18.5 Å². The number of fused-ring (bicyclic) bond motifs is 3. The second kappa shape index (κ2) is 9.66. The standard InChI is InChI=1S/C27H32N6O4S/c1-26(2,3)37-25(35)33-14-13-32(16-17(33)10-12-28)22-18-9-11-27(15-21(18)30-24(31-22)38(4)36)19-7-5-6-8-20(19)29-23(27)34/h5-8,17H,9-11,13-16H2,1-4H3,(H,29,34)/t17-,27?,38?/m0/s1. The van der Waals surface area contributed by atoms with Gasteiger partial charge in [0.1, 0.15) is 11.4 Å². The second-order valence-corrected chi connectivity index (χ2v) is 12.4. The Hall–Kier alpha value is -3.52. The van der Waals surface area contributed by atoms with E-state index in [0.29, 0.717) is 44.7 Å². The molecule has 200 valence electrons. The Kier molecular flexibility index (Phi) is 6.63. The molecule has 2 aromatic rings. The van der Waals surface area contributed by atoms with Crippen molar-refractivity contribution in [1.82, 2.24) is 14.9 Å². The Morgan fingerprint density at radius 2 is 2.05 bits per heavy atom. The first-order chi connectivity index (χ1) is 18.0. The zero-order chi connectivity index (χ0) is 27.2. The van der Waals surface area contributed by atoms with Crippen LogP contribution in [-0.4, -0.2) is 68.6 Å². The van der Waals surface area contributed by atoms with Gasteiger partial charge in [0.25, 0.3) is 0 Å². The predicted molar refractivity (Wildman–Crippen MR) is 142 cm³/mol. The quantitative estimate of drug-likeness (QED) is 0.593. The molecule has 5 rings (SSSR count). The molecule has 2 aliphatic heterocycles. The molecule has 10 nitrogen and oxygen atoms in total. The average molecular weight is 537 g/mol. The highest BCUT2D eigenvalue weighted by atomic mass is 32.2. The molecule has 0 radical (unpaired) electrons. The van der Waals surface area contributed by atoms with Crippen molar-refractivity contribution in [1.29, 1.82) is 5.26 Å². The van der Waals surface area contributed by atoms with Gasteiger partial charge in [0.05, 0.1) is 40.4 Å². The highest BCUT2D eigenvalue weighted by molar-refractivity contribution is 7.84. The van der Waals surface area contributed by atoms with E-state index in [4.69, 9.17) is 9.72 Å². The van der Waals surface area contributed by atoms with Crippen LogP contribution in [0.3, 0.4) is 0 Å². The number of aromatic nitrogens is 2. The molecule has 11 heteroatoms. The summed E-state index contributed by atoms with van der Waals surface area (Å²) >= 11 is 0. The van der Waals surface area contributed by atoms with Gasteiger partial charge in [0.2, 0.25) is 11.1 Å². The van der Waals surface area contributed by atoms with Crippen LogP contribution in [0.5, 0.6) is 0 Å². The van der Waals surface area contributed by atoms with Gasteiger partial charge in [-0.05, 0) is 45.2 Å². The molecular formula is C27H32N6O4S. The lowest BCUT2D eigenvalue weighted by Crippen LogP contribution is -2.56. The highest BCUT2D eigenvalue weighted by Crippen LogP contribution is 2.47. The van der Waals surface area contributed by atoms with E-state index in [1.807, 2.05) is 45.0 Å². The molecule has 38 heavy (non-hydrogen) atoms. The molecule has 0 saturated carbocycles. The van der Waals surface area contributed by atoms with Crippen molar-refractivity contribution in [3.8, 4) is 6.07 Å². The van der Waals surface area contributed by atoms with Gasteiger partial charge in [-0.1, -0.05) is 18.2 Å². The van der Waals surface area contributed by atoms with E-state index < -0.39 is 27.9 Å². The lowest BCUT2D eigenvalue weighted by Gasteiger charge is -2.42. The van der Waals surface area contributed by atoms with E-state index >= 15 is 0 Å². The van der Waals surface area contributed by atoms with Gasteiger partial charge in [0.15, 0.2) is 0 Å². The van der Waals surface area contributed by atoms with Crippen molar-refractivity contribution in [2.24, 2.45) is 0 Å². The van der Waals surface area contributed by atoms with Crippen molar-refractivity contribution in [3.63, 3.8) is 0 Å². The molecule has 3 heterocycles. The minimum absolute atomic E-state index is 0.0382. The number of carbonyl (C=O) groups excluding carboxylic acids is 2. The first-order valence-corrected chi connectivity index (χ1v) is 14.3. The minimum atomic E-state index is -1.43. The summed E-state index contributed by atoms with van der Waals surface area (Å²) in [7, 11) is -1.43. The number of anilines is 2. The Balaban J connectivity index is 1.49. The van der Waals surface area contributed by atoms with E-state index in [9.17, 15) is 19.1 Å². The summed E-state index contributed by atoms with van der Waals surface area (Å²) in [5.74, 6) is 0.636. The van der Waals surface area contributed by atoms with E-state index in [1.54, 1.807) is 11.2 Å². The van der Waals surface area contributed by atoms with Gasteiger partial charge in [-0.25, -0.2) is 14.8 Å². The van der Waals surface area contributed by atoms with E-state index in [-0.39, 0.29) is 23.5 Å². The predicted octanol–water partition coefficient (Wildman–Crippen LogP) is 2.93. The van der Waals surface area contributed by atoms with Crippen LogP contribution in [0, 0.1) is 11.3 Å². The molecule has 1 fully saturated rings. The summed E-state index contributed by atoms with van der Waals surface area (Å²) in [6.07, 6.45) is 2.83. The molecule has 1 N–H and O–H groups in total. The van der Waals surface area contributed by atoms with Crippen LogP contribution in [0.2, 0.25) is 0 Å². The maximum Gasteiger partial charge on any atom is 0.410 e. The van der Waals surface area contributed by atoms with Crippen LogP contribution < -0.4 is 10.2 Å². The second-order valence-electron chi connectivity index (χ2n) is 11.1. The zero-order valence-corrected chi connectivity index (χ0v) is 22.9. The summed E-state index contributed by atoms with van der Waals surface area (Å²) in [5.41, 5.74) is 2.09. The van der Waals surface area contributed by atoms with Crippen molar-refractivity contribution in [2.75, 3.05) is 36.1 Å². The summed E-state index contributed by atoms with van der Waals surface area (Å²) < 4.78 is 18.1. The number of ether oxygens (including phenoxy) is 1. The van der Waals surface area contributed by atoms with Crippen molar-refractivity contribution in [2.45, 2.75) is 68.7 Å². The number of benzene rings is 1.